The summed E-state index contributed by atoms with van der Waals surface area (Å²) in [5.74, 6) is 1.62. The van der Waals surface area contributed by atoms with E-state index in [2.05, 4.69) is 56.5 Å². The molecular weight excluding hydrogens is 416 g/mol. The van der Waals surface area contributed by atoms with Gasteiger partial charge in [-0.25, -0.2) is 4.98 Å². The minimum absolute atomic E-state index is 0.460. The van der Waals surface area contributed by atoms with E-state index in [0.29, 0.717) is 25.7 Å². The highest BCUT2D eigenvalue weighted by Crippen LogP contribution is 2.27. The van der Waals surface area contributed by atoms with E-state index in [4.69, 9.17) is 21.7 Å². The van der Waals surface area contributed by atoms with E-state index in [1.807, 2.05) is 13.1 Å². The van der Waals surface area contributed by atoms with Gasteiger partial charge >= 0.3 is 0 Å². The van der Waals surface area contributed by atoms with Crippen LogP contribution in [0.2, 0.25) is 0 Å². The smallest absolute Gasteiger partial charge is 0.173 e. The zero-order valence-electron chi connectivity index (χ0n) is 17.9. The van der Waals surface area contributed by atoms with Crippen LogP contribution in [0.5, 0.6) is 0 Å². The van der Waals surface area contributed by atoms with Crippen LogP contribution in [-0.2, 0) is 16.0 Å². The van der Waals surface area contributed by atoms with Crippen LogP contribution in [0.15, 0.2) is 41.6 Å². The van der Waals surface area contributed by atoms with Crippen molar-refractivity contribution in [3.8, 4) is 0 Å². The quantitative estimate of drug-likeness (QED) is 0.331. The molecule has 0 atom stereocenters. The molecule has 1 N–H and O–H groups in total. The molecular formula is C22H32N4O2S2. The van der Waals surface area contributed by atoms with Gasteiger partial charge in [0, 0.05) is 55.1 Å². The number of likely N-dealkylation sites (tertiary alicyclic amines) is 1. The lowest BCUT2D eigenvalue weighted by Gasteiger charge is -2.33. The lowest BCUT2D eigenvalue weighted by molar-refractivity contribution is 0.0493. The highest BCUT2D eigenvalue weighted by molar-refractivity contribution is 7.98. The fraction of sp³-hybridized carbons (Fsp3) is 0.545. The monoisotopic (exact) mass is 448 g/mol. The average molecular weight is 449 g/mol. The normalized spacial score (nSPS) is 14.8. The molecule has 0 bridgehead atoms. The largest absolute Gasteiger partial charge is 0.379 e. The van der Waals surface area contributed by atoms with Gasteiger partial charge in [-0.2, -0.15) is 0 Å². The van der Waals surface area contributed by atoms with Crippen LogP contribution in [0.25, 0.3) is 0 Å². The number of benzene rings is 1. The van der Waals surface area contributed by atoms with Gasteiger partial charge in [0.25, 0.3) is 0 Å². The number of anilines is 1. The van der Waals surface area contributed by atoms with Crippen molar-refractivity contribution in [3.05, 3.63) is 42.5 Å². The number of aromatic nitrogens is 2. The summed E-state index contributed by atoms with van der Waals surface area (Å²) in [6, 6.07) is 8.36. The molecule has 0 saturated carbocycles. The summed E-state index contributed by atoms with van der Waals surface area (Å²) in [5, 5.41) is 4.20. The Morgan fingerprint density at radius 3 is 2.80 bits per heavy atom. The SMILES string of the molecule is CCOCCOCCn1ccnc1C1CCN(C(=S)Nc2cccc(SC)c2)CC1. The van der Waals surface area contributed by atoms with Crippen LogP contribution in [0.3, 0.4) is 0 Å². The molecule has 0 spiro atoms. The third-order valence-electron chi connectivity index (χ3n) is 5.27. The fourth-order valence-corrected chi connectivity index (χ4v) is 4.40. The molecule has 0 aliphatic carbocycles. The van der Waals surface area contributed by atoms with E-state index in [-0.39, 0.29) is 0 Å². The van der Waals surface area contributed by atoms with Crippen LogP contribution in [0.1, 0.15) is 31.5 Å². The topological polar surface area (TPSA) is 51.6 Å². The predicted molar refractivity (Wildman–Crippen MR) is 128 cm³/mol. The number of rotatable bonds is 10. The molecule has 1 aliphatic rings. The molecule has 0 radical (unpaired) electrons. The van der Waals surface area contributed by atoms with Crippen LogP contribution in [0, 0.1) is 0 Å². The first kappa shape index (κ1) is 23.1. The van der Waals surface area contributed by atoms with Gasteiger partial charge in [0.15, 0.2) is 5.11 Å². The van der Waals surface area contributed by atoms with Crippen LogP contribution in [-0.4, -0.2) is 65.3 Å². The number of thioether (sulfide) groups is 1. The summed E-state index contributed by atoms with van der Waals surface area (Å²) in [6.07, 6.45) is 8.13. The molecule has 164 valence electrons. The first-order valence-corrected chi connectivity index (χ1v) is 12.2. The summed E-state index contributed by atoms with van der Waals surface area (Å²) >= 11 is 7.40. The van der Waals surface area contributed by atoms with Gasteiger partial charge in [0.2, 0.25) is 0 Å². The second kappa shape index (κ2) is 12.3. The van der Waals surface area contributed by atoms with Gasteiger partial charge in [-0.05, 0) is 56.4 Å². The van der Waals surface area contributed by atoms with Crippen molar-refractivity contribution in [2.24, 2.45) is 0 Å². The number of piperidine rings is 1. The Kier molecular flexibility index (Phi) is 9.45. The van der Waals surface area contributed by atoms with Gasteiger partial charge in [0.05, 0.1) is 19.8 Å². The van der Waals surface area contributed by atoms with Crippen molar-refractivity contribution in [2.75, 3.05) is 51.1 Å². The number of nitrogens with zero attached hydrogens (tertiary/aromatic N) is 3. The lowest BCUT2D eigenvalue weighted by Crippen LogP contribution is -2.40. The van der Waals surface area contributed by atoms with E-state index in [1.165, 1.54) is 4.90 Å². The second-order valence-electron chi connectivity index (χ2n) is 7.21. The Morgan fingerprint density at radius 2 is 2.03 bits per heavy atom. The highest BCUT2D eigenvalue weighted by Gasteiger charge is 2.25. The van der Waals surface area contributed by atoms with Crippen molar-refractivity contribution < 1.29 is 9.47 Å². The molecule has 0 amide bonds. The van der Waals surface area contributed by atoms with Crippen LogP contribution < -0.4 is 5.32 Å². The Bertz CT molecular complexity index is 791. The number of hydrogen-bond donors (Lipinski definition) is 1. The van der Waals surface area contributed by atoms with Gasteiger partial charge in [-0.15, -0.1) is 11.8 Å². The molecule has 1 aromatic heterocycles. The van der Waals surface area contributed by atoms with Gasteiger partial charge in [0.1, 0.15) is 5.82 Å². The minimum Gasteiger partial charge on any atom is -0.379 e. The summed E-state index contributed by atoms with van der Waals surface area (Å²) < 4.78 is 13.2. The molecule has 6 nitrogen and oxygen atoms in total. The summed E-state index contributed by atoms with van der Waals surface area (Å²) in [7, 11) is 0. The zero-order valence-corrected chi connectivity index (χ0v) is 19.5. The number of hydrogen-bond acceptors (Lipinski definition) is 5. The Balaban J connectivity index is 1.45. The number of ether oxygens (including phenoxy) is 2. The number of imidazole rings is 1. The molecule has 1 fully saturated rings. The first-order chi connectivity index (χ1) is 14.7. The van der Waals surface area contributed by atoms with E-state index in [1.54, 1.807) is 11.8 Å². The molecule has 3 rings (SSSR count). The highest BCUT2D eigenvalue weighted by atomic mass is 32.2. The van der Waals surface area contributed by atoms with Crippen molar-refractivity contribution in [1.29, 1.82) is 0 Å². The zero-order chi connectivity index (χ0) is 21.2. The minimum atomic E-state index is 0.460. The molecule has 0 unspecified atom stereocenters. The van der Waals surface area contributed by atoms with Crippen molar-refractivity contribution >= 4 is 34.8 Å². The molecule has 1 aliphatic heterocycles. The summed E-state index contributed by atoms with van der Waals surface area (Å²) in [5.41, 5.74) is 1.05. The number of thiocarbonyl (C=S) groups is 1. The van der Waals surface area contributed by atoms with Crippen molar-refractivity contribution in [3.63, 3.8) is 0 Å². The van der Waals surface area contributed by atoms with E-state index in [9.17, 15) is 0 Å². The summed E-state index contributed by atoms with van der Waals surface area (Å²) in [4.78, 5) is 8.14. The predicted octanol–water partition coefficient (Wildman–Crippen LogP) is 4.23. The Morgan fingerprint density at radius 1 is 1.23 bits per heavy atom. The van der Waals surface area contributed by atoms with Gasteiger partial charge in [-0.1, -0.05) is 6.07 Å². The molecule has 2 heterocycles. The van der Waals surface area contributed by atoms with Crippen molar-refractivity contribution in [1.82, 2.24) is 14.5 Å². The maximum atomic E-state index is 5.66. The van der Waals surface area contributed by atoms with Crippen LogP contribution >= 0.6 is 24.0 Å². The van der Waals surface area contributed by atoms with Crippen molar-refractivity contribution in [2.45, 2.75) is 37.1 Å². The Hall–Kier alpha value is -1.61. The first-order valence-electron chi connectivity index (χ1n) is 10.6. The van der Waals surface area contributed by atoms with E-state index >= 15 is 0 Å². The fourth-order valence-electron chi connectivity index (χ4n) is 3.64. The maximum absolute atomic E-state index is 5.66. The molecule has 30 heavy (non-hydrogen) atoms. The van der Waals surface area contributed by atoms with E-state index in [0.717, 1.165) is 55.7 Å². The number of nitrogens with one attached hydrogen (secondary N) is 1. The maximum Gasteiger partial charge on any atom is 0.173 e. The Labute approximate surface area is 189 Å². The summed E-state index contributed by atoms with van der Waals surface area (Å²) in [6.45, 7) is 7.41. The molecule has 1 aromatic carbocycles. The lowest BCUT2D eigenvalue weighted by atomic mass is 9.96. The third kappa shape index (κ3) is 6.70. The molecule has 8 heteroatoms. The molecule has 1 saturated heterocycles. The second-order valence-corrected chi connectivity index (χ2v) is 8.48. The third-order valence-corrected chi connectivity index (χ3v) is 6.35. The standard InChI is InChI=1S/C22H32N4O2S2/c1-3-27-15-16-28-14-13-25-12-9-23-21(25)18-7-10-26(11-8-18)22(29)24-19-5-4-6-20(17-19)30-2/h4-6,9,12,17-18H,3,7-8,10-11,13-16H2,1-2H3,(H,24,29). The average Bonchev–Trinajstić information content (AvgIpc) is 3.25. The van der Waals surface area contributed by atoms with Gasteiger partial charge in [-0.3, -0.25) is 0 Å². The molecule has 2 aromatic rings. The van der Waals surface area contributed by atoms with E-state index < -0.39 is 0 Å². The van der Waals surface area contributed by atoms with Crippen LogP contribution in [0.4, 0.5) is 5.69 Å². The van der Waals surface area contributed by atoms with Gasteiger partial charge < -0.3 is 24.3 Å².